The zero-order chi connectivity index (χ0) is 24.9. The topological polar surface area (TPSA) is 80.4 Å². The van der Waals surface area contributed by atoms with Crippen molar-refractivity contribution in [3.05, 3.63) is 105 Å². The van der Waals surface area contributed by atoms with Gasteiger partial charge in [-0.25, -0.2) is 0 Å². The first-order valence-electron chi connectivity index (χ1n) is 12.4. The summed E-state index contributed by atoms with van der Waals surface area (Å²) < 4.78 is 0. The van der Waals surface area contributed by atoms with E-state index < -0.39 is 0 Å². The van der Waals surface area contributed by atoms with Gasteiger partial charge in [0.15, 0.2) is 0 Å². The smallest absolute Gasteiger partial charge is 0.128 e. The zero-order valence-corrected chi connectivity index (χ0v) is 22.6. The molecule has 4 heterocycles. The predicted octanol–water partition coefficient (Wildman–Crippen LogP) is 6.26. The average Bonchev–Trinajstić information content (AvgIpc) is 3.73. The maximum atomic E-state index is 6.87. The highest BCUT2D eigenvalue weighted by Crippen LogP contribution is 2.44. The lowest BCUT2D eigenvalue weighted by molar-refractivity contribution is 0.960. The number of aliphatic imine (C=N–C) groups is 2. The molecule has 0 atom stereocenters. The van der Waals surface area contributed by atoms with Gasteiger partial charge in [-0.3, -0.25) is 9.98 Å². The van der Waals surface area contributed by atoms with E-state index in [4.69, 9.17) is 23.2 Å². The second kappa shape index (κ2) is 10.0. The molecule has 9 heteroatoms. The lowest BCUT2D eigenvalue weighted by Gasteiger charge is -2.20. The molecule has 0 fully saturated rings. The predicted molar refractivity (Wildman–Crippen MR) is 160 cm³/mol. The Labute approximate surface area is 236 Å². The number of benzene rings is 3. The Morgan fingerprint density at radius 1 is 0.684 bits per heavy atom. The Morgan fingerprint density at radius 3 is 1.63 bits per heavy atom. The van der Waals surface area contributed by atoms with Crippen molar-refractivity contribution in [1.82, 2.24) is 20.6 Å². The maximum Gasteiger partial charge on any atom is 0.128 e. The molecule has 0 saturated carbocycles. The third kappa shape index (κ3) is 4.13. The van der Waals surface area contributed by atoms with Crippen LogP contribution in [0.25, 0.3) is 21.8 Å². The number of aromatic nitrogens is 2. The molecule has 2 aromatic heterocycles. The van der Waals surface area contributed by atoms with Gasteiger partial charge < -0.3 is 20.6 Å². The molecule has 0 unspecified atom stereocenters. The normalized spacial score (nSPS) is 14.9. The molecule has 3 aromatic carbocycles. The lowest BCUT2D eigenvalue weighted by atomic mass is 9.84. The van der Waals surface area contributed by atoms with Crippen molar-refractivity contribution >= 4 is 69.1 Å². The summed E-state index contributed by atoms with van der Waals surface area (Å²) in [5, 5.41) is 10.3. The van der Waals surface area contributed by atoms with E-state index in [2.05, 4.69) is 79.4 Å². The molecular weight excluding hydrogens is 539 g/mol. The van der Waals surface area contributed by atoms with Gasteiger partial charge in [0.2, 0.25) is 0 Å². The monoisotopic (exact) mass is 562 g/mol. The van der Waals surface area contributed by atoms with Gasteiger partial charge in [-0.15, -0.1) is 12.4 Å². The fraction of sp³-hybridized carbons (Fsp3) is 0.172. The molecule has 0 radical (unpaired) electrons. The molecule has 6 nitrogen and oxygen atoms in total. The number of nitrogens with zero attached hydrogens (tertiary/aromatic N) is 2. The fourth-order valence-electron chi connectivity index (χ4n) is 5.50. The summed E-state index contributed by atoms with van der Waals surface area (Å²) in [7, 11) is 0. The molecule has 38 heavy (non-hydrogen) atoms. The molecule has 2 aliphatic rings. The second-order valence-corrected chi connectivity index (χ2v) is 10.2. The Morgan fingerprint density at radius 2 is 1.18 bits per heavy atom. The van der Waals surface area contributed by atoms with E-state index in [1.54, 1.807) is 0 Å². The molecule has 192 valence electrons. The summed E-state index contributed by atoms with van der Waals surface area (Å²) in [5.74, 6) is 1.66. The van der Waals surface area contributed by atoms with Crippen LogP contribution in [0.3, 0.4) is 0 Å². The summed E-state index contributed by atoms with van der Waals surface area (Å²) in [6.45, 7) is 3.32. The maximum absolute atomic E-state index is 6.87. The molecule has 0 amide bonds. The Kier molecular flexibility index (Phi) is 6.56. The molecule has 7 rings (SSSR count). The summed E-state index contributed by atoms with van der Waals surface area (Å²) >= 11 is 13.7. The van der Waals surface area contributed by atoms with Crippen LogP contribution in [0.5, 0.6) is 0 Å². The van der Waals surface area contributed by atoms with E-state index >= 15 is 0 Å². The van der Waals surface area contributed by atoms with E-state index in [1.807, 2.05) is 18.2 Å². The summed E-state index contributed by atoms with van der Waals surface area (Å²) in [4.78, 5) is 16.2. The largest absolute Gasteiger partial charge is 0.368 e. The summed E-state index contributed by atoms with van der Waals surface area (Å²) in [5.41, 5.74) is 7.34. The lowest BCUT2D eigenvalue weighted by Crippen LogP contribution is -2.19. The number of H-pyrrole nitrogens is 2. The van der Waals surface area contributed by atoms with Crippen LogP contribution in [0.1, 0.15) is 33.7 Å². The van der Waals surface area contributed by atoms with Crippen molar-refractivity contribution in [3.8, 4) is 0 Å². The quantitative estimate of drug-likeness (QED) is 0.204. The van der Waals surface area contributed by atoms with E-state index in [1.165, 1.54) is 0 Å². The van der Waals surface area contributed by atoms with Gasteiger partial charge in [-0.2, -0.15) is 0 Å². The van der Waals surface area contributed by atoms with E-state index in [0.717, 1.165) is 87.5 Å². The summed E-state index contributed by atoms with van der Waals surface area (Å²) in [6.07, 6.45) is 4.15. The number of nitrogens with one attached hydrogen (secondary N) is 4. The minimum Gasteiger partial charge on any atom is -0.368 e. The Bertz CT molecular complexity index is 1610. The number of rotatable bonds is 5. The SMILES string of the molecule is Cl.Clc1cccc(Cl)c1C(c1c[nH]c2ccc(C3=NCCN3)cc12)c1c[nH]c2ccc(C3=NCCN3)cc12. The summed E-state index contributed by atoms with van der Waals surface area (Å²) in [6, 6.07) is 18.5. The second-order valence-electron chi connectivity index (χ2n) is 9.39. The van der Waals surface area contributed by atoms with Gasteiger partial charge >= 0.3 is 0 Å². The molecule has 0 bridgehead atoms. The van der Waals surface area contributed by atoms with Crippen molar-refractivity contribution in [1.29, 1.82) is 0 Å². The van der Waals surface area contributed by atoms with Crippen LogP contribution in [0.4, 0.5) is 0 Å². The minimum atomic E-state index is -0.203. The van der Waals surface area contributed by atoms with Crippen LogP contribution in [-0.4, -0.2) is 47.8 Å². The number of aromatic amines is 2. The fourth-order valence-corrected chi connectivity index (χ4v) is 6.12. The van der Waals surface area contributed by atoms with Gasteiger partial charge in [-0.1, -0.05) is 29.3 Å². The minimum absolute atomic E-state index is 0. The van der Waals surface area contributed by atoms with Crippen LogP contribution in [0, 0.1) is 0 Å². The molecule has 0 aliphatic carbocycles. The number of hydrogen-bond donors (Lipinski definition) is 4. The van der Waals surface area contributed by atoms with Gasteiger partial charge in [0.05, 0.1) is 13.1 Å². The van der Waals surface area contributed by atoms with Crippen molar-refractivity contribution in [2.45, 2.75) is 5.92 Å². The first kappa shape index (κ1) is 24.9. The number of fused-ring (bicyclic) bond motifs is 2. The number of hydrogen-bond acceptors (Lipinski definition) is 4. The standard InChI is InChI=1S/C29H24Cl2N6.ClH/c30-22-2-1-3-23(31)27(22)26(20-14-36-24-6-4-16(12-18(20)24)28-32-8-9-33-28)21-15-37-25-7-5-17(13-19(21)25)29-34-10-11-35-29;/h1-7,12-15,26,36-37H,8-11H2,(H,32,33)(H,34,35);1H. The Balaban J connectivity index is 0.00000264. The molecule has 0 saturated heterocycles. The van der Waals surface area contributed by atoms with E-state index in [0.29, 0.717) is 10.0 Å². The molecular formula is C29H25Cl3N6. The first-order chi connectivity index (χ1) is 18.2. The molecule has 4 N–H and O–H groups in total. The van der Waals surface area contributed by atoms with Crippen LogP contribution in [0.2, 0.25) is 10.0 Å². The van der Waals surface area contributed by atoms with E-state index in [-0.39, 0.29) is 18.3 Å². The van der Waals surface area contributed by atoms with Crippen molar-refractivity contribution in [2.75, 3.05) is 26.2 Å². The third-order valence-corrected chi connectivity index (χ3v) is 7.89. The van der Waals surface area contributed by atoms with Crippen LogP contribution in [0.15, 0.2) is 77.0 Å². The molecule has 2 aliphatic heterocycles. The highest BCUT2D eigenvalue weighted by atomic mass is 35.5. The van der Waals surface area contributed by atoms with Gasteiger partial charge in [0.25, 0.3) is 0 Å². The molecule has 0 spiro atoms. The highest BCUT2D eigenvalue weighted by molar-refractivity contribution is 6.36. The molecule has 5 aromatic rings. The van der Waals surface area contributed by atoms with Gasteiger partial charge in [-0.05, 0) is 59.7 Å². The highest BCUT2D eigenvalue weighted by Gasteiger charge is 2.28. The van der Waals surface area contributed by atoms with Crippen LogP contribution < -0.4 is 10.6 Å². The number of halogens is 3. The van der Waals surface area contributed by atoms with E-state index in [9.17, 15) is 0 Å². The average molecular weight is 564 g/mol. The van der Waals surface area contributed by atoms with Crippen molar-refractivity contribution < 1.29 is 0 Å². The van der Waals surface area contributed by atoms with Gasteiger partial charge in [0, 0.05) is 79.9 Å². The Hall–Kier alpha value is -3.45. The first-order valence-corrected chi connectivity index (χ1v) is 13.2. The van der Waals surface area contributed by atoms with Crippen LogP contribution >= 0.6 is 35.6 Å². The van der Waals surface area contributed by atoms with Crippen LogP contribution in [-0.2, 0) is 0 Å². The van der Waals surface area contributed by atoms with Gasteiger partial charge in [0.1, 0.15) is 11.7 Å². The number of amidine groups is 2. The van der Waals surface area contributed by atoms with Crippen molar-refractivity contribution in [2.24, 2.45) is 9.98 Å². The zero-order valence-electron chi connectivity index (χ0n) is 20.3. The third-order valence-electron chi connectivity index (χ3n) is 7.23. The van der Waals surface area contributed by atoms with Crippen molar-refractivity contribution in [3.63, 3.8) is 0 Å².